The van der Waals surface area contributed by atoms with Crippen LogP contribution in [-0.2, 0) is 19.4 Å². The molecule has 1 N–H and O–H groups in total. The molecule has 1 atom stereocenters. The summed E-state index contributed by atoms with van der Waals surface area (Å²) in [6.45, 7) is 7.13. The van der Waals surface area contributed by atoms with Crippen LogP contribution in [0.4, 0.5) is 0 Å². The minimum absolute atomic E-state index is 0.801. The third-order valence-electron chi connectivity index (χ3n) is 5.23. The zero-order valence-electron chi connectivity index (χ0n) is 13.5. The molecule has 2 nitrogen and oxygen atoms in total. The molecule has 1 aliphatic carbocycles. The Kier molecular flexibility index (Phi) is 5.32. The monoisotopic (exact) mass is 286 g/mol. The van der Waals surface area contributed by atoms with Gasteiger partial charge in [0.15, 0.2) is 0 Å². The second-order valence-electron chi connectivity index (χ2n) is 6.87. The van der Waals surface area contributed by atoms with Crippen LogP contribution in [0.2, 0.25) is 0 Å². The lowest BCUT2D eigenvalue weighted by atomic mass is 10.0. The van der Waals surface area contributed by atoms with Gasteiger partial charge >= 0.3 is 0 Å². The molecular formula is C19H30N2. The van der Waals surface area contributed by atoms with Crippen molar-refractivity contribution < 1.29 is 0 Å². The van der Waals surface area contributed by atoms with Crippen molar-refractivity contribution >= 4 is 0 Å². The summed E-state index contributed by atoms with van der Waals surface area (Å²) in [7, 11) is 0. The number of nitrogens with one attached hydrogen (secondary N) is 1. The highest BCUT2D eigenvalue weighted by Crippen LogP contribution is 2.22. The van der Waals surface area contributed by atoms with E-state index in [1.54, 1.807) is 11.1 Å². The van der Waals surface area contributed by atoms with Crippen molar-refractivity contribution in [2.45, 2.75) is 64.5 Å². The van der Waals surface area contributed by atoms with Crippen LogP contribution >= 0.6 is 0 Å². The minimum Gasteiger partial charge on any atom is -0.313 e. The lowest BCUT2D eigenvalue weighted by molar-refractivity contribution is 0.159. The Hall–Kier alpha value is -0.860. The maximum absolute atomic E-state index is 3.62. The highest BCUT2D eigenvalue weighted by atomic mass is 15.2. The van der Waals surface area contributed by atoms with E-state index in [1.165, 1.54) is 63.6 Å². The van der Waals surface area contributed by atoms with Crippen molar-refractivity contribution in [3.05, 3.63) is 34.9 Å². The maximum atomic E-state index is 3.62. The number of nitrogens with zero attached hydrogens (tertiary/aromatic N) is 1. The van der Waals surface area contributed by atoms with Crippen LogP contribution in [0.1, 0.15) is 55.7 Å². The molecule has 2 aliphatic rings. The van der Waals surface area contributed by atoms with Crippen LogP contribution < -0.4 is 5.32 Å². The van der Waals surface area contributed by atoms with Gasteiger partial charge in [0.1, 0.15) is 0 Å². The molecule has 1 aromatic carbocycles. The number of benzene rings is 1. The predicted octanol–water partition coefficient (Wildman–Crippen LogP) is 3.53. The first-order valence-corrected chi connectivity index (χ1v) is 8.88. The fourth-order valence-electron chi connectivity index (χ4n) is 3.86. The number of aryl methyl sites for hydroxylation is 2. The first-order valence-electron chi connectivity index (χ1n) is 8.88. The van der Waals surface area contributed by atoms with Crippen LogP contribution in [0.5, 0.6) is 0 Å². The zero-order chi connectivity index (χ0) is 14.5. The fourth-order valence-corrected chi connectivity index (χ4v) is 3.86. The number of piperidine rings is 1. The lowest BCUT2D eigenvalue weighted by Gasteiger charge is -2.33. The van der Waals surface area contributed by atoms with Gasteiger partial charge in [-0.05, 0) is 81.8 Å². The summed E-state index contributed by atoms with van der Waals surface area (Å²) < 4.78 is 0. The highest BCUT2D eigenvalue weighted by Gasteiger charge is 2.17. The van der Waals surface area contributed by atoms with Crippen molar-refractivity contribution in [2.75, 3.05) is 19.6 Å². The maximum Gasteiger partial charge on any atom is 0.0205 e. The zero-order valence-corrected chi connectivity index (χ0v) is 13.5. The molecule has 0 spiro atoms. The topological polar surface area (TPSA) is 15.3 Å². The molecule has 116 valence electrons. The number of likely N-dealkylation sites (tertiary alicyclic amines) is 1. The summed E-state index contributed by atoms with van der Waals surface area (Å²) in [5.74, 6) is 0. The Balaban J connectivity index is 1.35. The summed E-state index contributed by atoms with van der Waals surface area (Å²) >= 11 is 0. The van der Waals surface area contributed by atoms with Crippen LogP contribution in [0.3, 0.4) is 0 Å². The van der Waals surface area contributed by atoms with Gasteiger partial charge in [0, 0.05) is 12.6 Å². The number of rotatable bonds is 6. The molecule has 0 saturated carbocycles. The van der Waals surface area contributed by atoms with Gasteiger partial charge in [0.25, 0.3) is 0 Å². The van der Waals surface area contributed by atoms with E-state index in [1.807, 2.05) is 0 Å². The van der Waals surface area contributed by atoms with Crippen LogP contribution in [-0.4, -0.2) is 30.6 Å². The fraction of sp³-hybridized carbons (Fsp3) is 0.684. The first kappa shape index (κ1) is 15.1. The molecular weight excluding hydrogens is 256 g/mol. The van der Waals surface area contributed by atoms with Gasteiger partial charge in [0.2, 0.25) is 0 Å². The standard InChI is InChI=1S/C19H30N2/c1-16-6-2-3-12-21(16)13-5-11-20-15-17-9-10-18-7-4-8-19(18)14-17/h9-10,14,16,20H,2-8,11-13,15H2,1H3. The Labute approximate surface area is 129 Å². The van der Waals surface area contributed by atoms with Gasteiger partial charge in [0.05, 0.1) is 0 Å². The SMILES string of the molecule is CC1CCCCN1CCCNCc1ccc2c(c1)CCC2. The Morgan fingerprint density at radius 2 is 2.05 bits per heavy atom. The smallest absolute Gasteiger partial charge is 0.0205 e. The molecule has 1 heterocycles. The molecule has 2 heteroatoms. The molecule has 0 radical (unpaired) electrons. The molecule has 1 fully saturated rings. The highest BCUT2D eigenvalue weighted by molar-refractivity contribution is 5.35. The molecule has 3 rings (SSSR count). The Bertz CT molecular complexity index is 455. The summed E-state index contributed by atoms with van der Waals surface area (Å²) in [5, 5.41) is 3.62. The van der Waals surface area contributed by atoms with Crippen molar-refractivity contribution in [3.63, 3.8) is 0 Å². The molecule has 0 bridgehead atoms. The Morgan fingerprint density at radius 1 is 1.14 bits per heavy atom. The third-order valence-corrected chi connectivity index (χ3v) is 5.23. The molecule has 0 amide bonds. The summed E-state index contributed by atoms with van der Waals surface area (Å²) in [6, 6.07) is 7.87. The van der Waals surface area contributed by atoms with Crippen LogP contribution in [0, 0.1) is 0 Å². The van der Waals surface area contributed by atoms with E-state index in [0.717, 1.165) is 19.1 Å². The average Bonchev–Trinajstić information content (AvgIpc) is 2.96. The summed E-state index contributed by atoms with van der Waals surface area (Å²) in [5.41, 5.74) is 4.64. The van der Waals surface area contributed by atoms with Crippen molar-refractivity contribution in [3.8, 4) is 0 Å². The first-order chi connectivity index (χ1) is 10.3. The van der Waals surface area contributed by atoms with Gasteiger partial charge in [-0.25, -0.2) is 0 Å². The van der Waals surface area contributed by atoms with Crippen molar-refractivity contribution in [1.82, 2.24) is 10.2 Å². The van der Waals surface area contributed by atoms with Crippen LogP contribution in [0.25, 0.3) is 0 Å². The average molecular weight is 286 g/mol. The normalized spacial score (nSPS) is 22.4. The van der Waals surface area contributed by atoms with Crippen molar-refractivity contribution in [1.29, 1.82) is 0 Å². The number of hydrogen-bond acceptors (Lipinski definition) is 2. The van der Waals surface area contributed by atoms with Crippen molar-refractivity contribution in [2.24, 2.45) is 0 Å². The van der Waals surface area contributed by atoms with Crippen LogP contribution in [0.15, 0.2) is 18.2 Å². The van der Waals surface area contributed by atoms with Gasteiger partial charge in [-0.2, -0.15) is 0 Å². The van der Waals surface area contributed by atoms with E-state index in [2.05, 4.69) is 35.3 Å². The van der Waals surface area contributed by atoms with E-state index in [4.69, 9.17) is 0 Å². The summed E-state index contributed by atoms with van der Waals surface area (Å²) in [6.07, 6.45) is 9.41. The molecule has 1 unspecified atom stereocenters. The number of fused-ring (bicyclic) bond motifs is 1. The lowest BCUT2D eigenvalue weighted by Crippen LogP contribution is -2.38. The van der Waals surface area contributed by atoms with Gasteiger partial charge < -0.3 is 10.2 Å². The second-order valence-corrected chi connectivity index (χ2v) is 6.87. The minimum atomic E-state index is 0.801. The van der Waals surface area contributed by atoms with E-state index < -0.39 is 0 Å². The number of hydrogen-bond donors (Lipinski definition) is 1. The largest absolute Gasteiger partial charge is 0.313 e. The van der Waals surface area contributed by atoms with Gasteiger partial charge in [-0.1, -0.05) is 24.6 Å². The van der Waals surface area contributed by atoms with E-state index in [0.29, 0.717) is 0 Å². The molecule has 0 aromatic heterocycles. The van der Waals surface area contributed by atoms with Gasteiger partial charge in [-0.3, -0.25) is 0 Å². The molecule has 1 saturated heterocycles. The molecule has 1 aliphatic heterocycles. The molecule has 21 heavy (non-hydrogen) atoms. The van der Waals surface area contributed by atoms with E-state index in [9.17, 15) is 0 Å². The van der Waals surface area contributed by atoms with Gasteiger partial charge in [-0.15, -0.1) is 0 Å². The summed E-state index contributed by atoms with van der Waals surface area (Å²) in [4.78, 5) is 2.67. The Morgan fingerprint density at radius 3 is 2.95 bits per heavy atom. The quantitative estimate of drug-likeness (QED) is 0.805. The van der Waals surface area contributed by atoms with E-state index >= 15 is 0 Å². The molecule has 1 aromatic rings. The third kappa shape index (κ3) is 4.08. The van der Waals surface area contributed by atoms with E-state index in [-0.39, 0.29) is 0 Å². The predicted molar refractivity (Wildman–Crippen MR) is 89.7 cm³/mol. The second kappa shape index (κ2) is 7.42.